The van der Waals surface area contributed by atoms with Crippen molar-refractivity contribution in [1.82, 2.24) is 15.0 Å². The molecule has 1 saturated heterocycles. The first-order valence-electron chi connectivity index (χ1n) is 13.1. The fraction of sp³-hybridized carbons (Fsp3) is 0.448. The van der Waals surface area contributed by atoms with Gasteiger partial charge in [0.1, 0.15) is 17.5 Å². The number of rotatable bonds is 8. The van der Waals surface area contributed by atoms with E-state index in [9.17, 15) is 9.59 Å². The summed E-state index contributed by atoms with van der Waals surface area (Å²) in [6.07, 6.45) is 4.00. The molecule has 9 nitrogen and oxygen atoms in total. The van der Waals surface area contributed by atoms with E-state index in [2.05, 4.69) is 39.5 Å². The van der Waals surface area contributed by atoms with Gasteiger partial charge in [0.25, 0.3) is 0 Å². The van der Waals surface area contributed by atoms with Crippen molar-refractivity contribution < 1.29 is 18.8 Å². The number of benzene rings is 1. The minimum absolute atomic E-state index is 0.0831. The molecule has 1 aliphatic heterocycles. The van der Waals surface area contributed by atoms with Crippen LogP contribution < -0.4 is 15.4 Å². The normalized spacial score (nSPS) is 14.9. The van der Waals surface area contributed by atoms with Crippen LogP contribution in [0.1, 0.15) is 69.2 Å². The number of piperidine rings is 1. The van der Waals surface area contributed by atoms with Gasteiger partial charge in [-0.3, -0.25) is 10.1 Å². The number of ketones is 1. The van der Waals surface area contributed by atoms with Crippen molar-refractivity contribution in [3.8, 4) is 5.75 Å². The van der Waals surface area contributed by atoms with Crippen molar-refractivity contribution in [1.29, 1.82) is 0 Å². The number of nitrogens with zero attached hydrogens (tertiary/aromatic N) is 3. The van der Waals surface area contributed by atoms with Gasteiger partial charge in [0.05, 0.1) is 11.9 Å². The van der Waals surface area contributed by atoms with Crippen molar-refractivity contribution in [2.75, 3.05) is 23.7 Å². The Bertz CT molecular complexity index is 1220. The van der Waals surface area contributed by atoms with Gasteiger partial charge in [-0.2, -0.15) is 0 Å². The van der Waals surface area contributed by atoms with E-state index in [0.29, 0.717) is 23.2 Å². The van der Waals surface area contributed by atoms with E-state index in [0.717, 1.165) is 37.2 Å². The van der Waals surface area contributed by atoms with E-state index < -0.39 is 6.03 Å². The van der Waals surface area contributed by atoms with Gasteiger partial charge >= 0.3 is 6.03 Å². The van der Waals surface area contributed by atoms with Crippen molar-refractivity contribution in [3.05, 3.63) is 65.6 Å². The maximum atomic E-state index is 12.7. The van der Waals surface area contributed by atoms with Crippen LogP contribution in [0.25, 0.3) is 0 Å². The molecule has 0 aliphatic carbocycles. The number of nitrogens with one attached hydrogen (secondary N) is 2. The molecule has 0 atom stereocenters. The lowest BCUT2D eigenvalue weighted by atomic mass is 9.92. The molecule has 2 N–H and O–H groups in total. The second-order valence-electron chi connectivity index (χ2n) is 11.0. The highest BCUT2D eigenvalue weighted by Gasteiger charge is 2.22. The van der Waals surface area contributed by atoms with Crippen LogP contribution in [-0.2, 0) is 11.8 Å². The number of likely N-dealkylation sites (tertiary alicyclic amines) is 1. The van der Waals surface area contributed by atoms with Crippen LogP contribution in [0.15, 0.2) is 53.2 Å². The van der Waals surface area contributed by atoms with Gasteiger partial charge in [-0.05, 0) is 56.5 Å². The first kappa shape index (κ1) is 27.3. The van der Waals surface area contributed by atoms with E-state index in [4.69, 9.17) is 9.26 Å². The molecule has 2 aromatic heterocycles. The van der Waals surface area contributed by atoms with E-state index in [1.165, 1.54) is 0 Å². The molecule has 1 fully saturated rings. The van der Waals surface area contributed by atoms with Crippen LogP contribution in [0.3, 0.4) is 0 Å². The lowest BCUT2D eigenvalue weighted by Crippen LogP contribution is -2.41. The monoisotopic (exact) mass is 519 g/mol. The van der Waals surface area contributed by atoms with Crippen LogP contribution in [0.4, 0.5) is 16.4 Å². The number of carbonyl (C=O) groups is 2. The largest absolute Gasteiger partial charge is 0.489 e. The first-order valence-corrected chi connectivity index (χ1v) is 13.1. The van der Waals surface area contributed by atoms with Crippen molar-refractivity contribution in [2.24, 2.45) is 0 Å². The Hall–Kier alpha value is -3.72. The van der Waals surface area contributed by atoms with Crippen LogP contribution in [-0.4, -0.2) is 52.1 Å². The van der Waals surface area contributed by atoms with Gasteiger partial charge < -0.3 is 19.5 Å². The molecule has 3 aromatic rings. The zero-order valence-electron chi connectivity index (χ0n) is 22.8. The molecular formula is C29H37N5O4. The summed E-state index contributed by atoms with van der Waals surface area (Å²) in [5.74, 6) is 0.883. The fourth-order valence-corrected chi connectivity index (χ4v) is 4.26. The lowest BCUT2D eigenvalue weighted by Gasteiger charge is -2.34. The maximum Gasteiger partial charge on any atom is 0.326 e. The van der Waals surface area contributed by atoms with Gasteiger partial charge in [0, 0.05) is 42.7 Å². The zero-order valence-corrected chi connectivity index (χ0v) is 22.8. The molecule has 0 unspecified atom stereocenters. The standard InChI is InChI=1S/C29H37N5O4/c1-19(2)34-14-12-22(13-15-34)37-23-10-11-24(30-18-23)25(35)16-20-6-8-21(9-7-20)31-28(36)32-27-17-26(33-38-27)29(3,4)5/h6-11,17-19,22H,12-16H2,1-5H3,(H2,31,32,36). The third-order valence-corrected chi connectivity index (χ3v) is 6.62. The Morgan fingerprint density at radius 2 is 1.79 bits per heavy atom. The Morgan fingerprint density at radius 3 is 2.37 bits per heavy atom. The van der Waals surface area contributed by atoms with E-state index in [-0.39, 0.29) is 29.6 Å². The number of pyridine rings is 1. The molecule has 0 saturated carbocycles. The number of urea groups is 1. The average Bonchev–Trinajstić information content (AvgIpc) is 3.35. The molecule has 1 aliphatic rings. The highest BCUT2D eigenvalue weighted by atomic mass is 16.5. The van der Waals surface area contributed by atoms with Crippen LogP contribution in [0.2, 0.25) is 0 Å². The summed E-state index contributed by atoms with van der Waals surface area (Å²) in [6, 6.07) is 12.5. The Balaban J connectivity index is 1.24. The molecule has 0 bridgehead atoms. The van der Waals surface area contributed by atoms with E-state index >= 15 is 0 Å². The average molecular weight is 520 g/mol. The minimum Gasteiger partial charge on any atom is -0.489 e. The predicted octanol–water partition coefficient (Wildman–Crippen LogP) is 5.69. The number of anilines is 2. The Morgan fingerprint density at radius 1 is 1.08 bits per heavy atom. The number of amides is 2. The highest BCUT2D eigenvalue weighted by molar-refractivity contribution is 5.99. The van der Waals surface area contributed by atoms with E-state index in [1.54, 1.807) is 42.6 Å². The molecule has 9 heteroatoms. The molecule has 3 heterocycles. The summed E-state index contributed by atoms with van der Waals surface area (Å²) in [5.41, 5.74) is 2.39. The Labute approximate surface area is 223 Å². The lowest BCUT2D eigenvalue weighted by molar-refractivity contribution is 0.0840. The van der Waals surface area contributed by atoms with Gasteiger partial charge in [-0.25, -0.2) is 9.78 Å². The first-order chi connectivity index (χ1) is 18.1. The summed E-state index contributed by atoms with van der Waals surface area (Å²) in [5, 5.41) is 9.37. The summed E-state index contributed by atoms with van der Waals surface area (Å²) in [4.78, 5) is 31.8. The molecule has 202 valence electrons. The number of hydrogen-bond donors (Lipinski definition) is 2. The molecule has 4 rings (SSSR count). The second-order valence-corrected chi connectivity index (χ2v) is 11.0. The van der Waals surface area contributed by atoms with Crippen molar-refractivity contribution >= 4 is 23.4 Å². The summed E-state index contributed by atoms with van der Waals surface area (Å²) < 4.78 is 11.3. The second kappa shape index (κ2) is 11.8. The van der Waals surface area contributed by atoms with Gasteiger partial charge in [0.2, 0.25) is 5.88 Å². The molecule has 38 heavy (non-hydrogen) atoms. The zero-order chi connectivity index (χ0) is 27.3. The highest BCUT2D eigenvalue weighted by Crippen LogP contribution is 2.24. The summed E-state index contributed by atoms with van der Waals surface area (Å²) >= 11 is 0. The van der Waals surface area contributed by atoms with Crippen LogP contribution in [0.5, 0.6) is 5.75 Å². The Kier molecular flexibility index (Phi) is 8.46. The van der Waals surface area contributed by atoms with Crippen LogP contribution in [0, 0.1) is 0 Å². The smallest absolute Gasteiger partial charge is 0.326 e. The summed E-state index contributed by atoms with van der Waals surface area (Å²) in [7, 11) is 0. The predicted molar refractivity (Wildman–Crippen MR) is 147 cm³/mol. The fourth-order valence-electron chi connectivity index (χ4n) is 4.26. The topological polar surface area (TPSA) is 110 Å². The summed E-state index contributed by atoms with van der Waals surface area (Å²) in [6.45, 7) is 12.5. The van der Waals surface area contributed by atoms with Crippen molar-refractivity contribution in [3.63, 3.8) is 0 Å². The van der Waals surface area contributed by atoms with Crippen LogP contribution >= 0.6 is 0 Å². The molecule has 0 radical (unpaired) electrons. The number of aromatic nitrogens is 2. The number of ether oxygens (including phenoxy) is 1. The van der Waals surface area contributed by atoms with Gasteiger partial charge in [-0.15, -0.1) is 0 Å². The van der Waals surface area contributed by atoms with Crippen molar-refractivity contribution in [2.45, 2.75) is 71.4 Å². The number of carbonyl (C=O) groups excluding carboxylic acids is 2. The SMILES string of the molecule is CC(C)N1CCC(Oc2ccc(C(=O)Cc3ccc(NC(=O)Nc4cc(C(C)(C)C)no4)cc3)nc2)CC1. The number of Topliss-reactive ketones (excluding diaryl/α,β-unsaturated/α-hetero) is 1. The maximum absolute atomic E-state index is 12.7. The van der Waals surface area contributed by atoms with Gasteiger partial charge in [0.15, 0.2) is 5.78 Å². The molecule has 2 amide bonds. The minimum atomic E-state index is -0.442. The molecule has 0 spiro atoms. The quantitative estimate of drug-likeness (QED) is 0.368. The van der Waals surface area contributed by atoms with E-state index in [1.807, 2.05) is 26.8 Å². The third-order valence-electron chi connectivity index (χ3n) is 6.62. The number of hydrogen-bond acceptors (Lipinski definition) is 7. The van der Waals surface area contributed by atoms with Gasteiger partial charge in [-0.1, -0.05) is 38.1 Å². The molecule has 1 aromatic carbocycles. The molecular weight excluding hydrogens is 482 g/mol. The third kappa shape index (κ3) is 7.41.